The van der Waals surface area contributed by atoms with Gasteiger partial charge in [0.15, 0.2) is 11.0 Å². The number of methoxy groups -OCH3 is 1. The summed E-state index contributed by atoms with van der Waals surface area (Å²) in [5.41, 5.74) is 1.29. The Labute approximate surface area is 197 Å². The van der Waals surface area contributed by atoms with Gasteiger partial charge in [0, 0.05) is 21.5 Å². The molecule has 162 valence electrons. The molecular weight excluding hydrogens is 500 g/mol. The number of thiophene rings is 1. The highest BCUT2D eigenvalue weighted by Gasteiger charge is 2.19. The monoisotopic (exact) mass is 520 g/mol. The first-order chi connectivity index (χ1) is 15.0. The molecule has 0 unspecified atom stereocenters. The number of nitrogens with one attached hydrogen (secondary N) is 1. The number of hydrogen-bond donors (Lipinski definition) is 1. The number of rotatable bonds is 9. The molecule has 7 nitrogen and oxygen atoms in total. The van der Waals surface area contributed by atoms with E-state index in [-0.39, 0.29) is 11.7 Å². The Hall–Kier alpha value is -2.43. The van der Waals surface area contributed by atoms with Crippen molar-refractivity contribution in [3.8, 4) is 11.4 Å². The number of ether oxygens (including phenoxy) is 1. The van der Waals surface area contributed by atoms with Crippen molar-refractivity contribution in [2.45, 2.75) is 25.0 Å². The second-order valence-electron chi connectivity index (χ2n) is 6.35. The van der Waals surface area contributed by atoms with Crippen molar-refractivity contribution in [1.29, 1.82) is 0 Å². The first kappa shape index (κ1) is 23.2. The summed E-state index contributed by atoms with van der Waals surface area (Å²) in [6, 6.07) is 9.53. The number of aromatic nitrogens is 3. The molecule has 0 spiro atoms. The van der Waals surface area contributed by atoms with Crippen LogP contribution in [0.15, 0.2) is 52.6 Å². The number of halogens is 1. The van der Waals surface area contributed by atoms with Crippen molar-refractivity contribution in [2.24, 2.45) is 0 Å². The van der Waals surface area contributed by atoms with Crippen LogP contribution in [0.2, 0.25) is 0 Å². The molecule has 2 heterocycles. The summed E-state index contributed by atoms with van der Waals surface area (Å²) in [5, 5.41) is 12.5. The maximum atomic E-state index is 12.6. The lowest BCUT2D eigenvalue weighted by molar-refractivity contribution is -0.113. The number of hydrogen-bond acceptors (Lipinski definition) is 7. The molecule has 1 amide bonds. The summed E-state index contributed by atoms with van der Waals surface area (Å²) in [6.07, 6.45) is 2.53. The average molecular weight is 521 g/mol. The fraction of sp³-hybridized carbons (Fsp3) is 0.238. The largest absolute Gasteiger partial charge is 0.465 e. The fourth-order valence-corrected chi connectivity index (χ4v) is 4.78. The Kier molecular flexibility index (Phi) is 8.05. The van der Waals surface area contributed by atoms with Gasteiger partial charge in [0.05, 0.1) is 18.4 Å². The molecule has 0 bridgehead atoms. The summed E-state index contributed by atoms with van der Waals surface area (Å²) < 4.78 is 7.70. The second-order valence-corrected chi connectivity index (χ2v) is 9.34. The maximum Gasteiger partial charge on any atom is 0.340 e. The minimum atomic E-state index is -0.469. The lowest BCUT2D eigenvalue weighted by atomic mass is 10.2. The molecule has 0 aliphatic heterocycles. The number of benzene rings is 1. The first-order valence-corrected chi connectivity index (χ1v) is 12.0. The van der Waals surface area contributed by atoms with Crippen LogP contribution in [0.3, 0.4) is 0 Å². The molecule has 10 heteroatoms. The van der Waals surface area contributed by atoms with Crippen molar-refractivity contribution in [3.63, 3.8) is 0 Å². The number of carbonyl (C=O) groups excluding carboxylic acids is 2. The molecule has 1 aromatic carbocycles. The molecule has 0 fully saturated rings. The van der Waals surface area contributed by atoms with Crippen molar-refractivity contribution in [2.75, 3.05) is 18.2 Å². The number of thioether (sulfide) groups is 1. The predicted molar refractivity (Wildman–Crippen MR) is 128 cm³/mol. The molecular formula is C21H21BrN4O3S2. The van der Waals surface area contributed by atoms with E-state index in [9.17, 15) is 9.59 Å². The van der Waals surface area contributed by atoms with E-state index >= 15 is 0 Å². The summed E-state index contributed by atoms with van der Waals surface area (Å²) in [7, 11) is 1.32. The predicted octanol–water partition coefficient (Wildman–Crippen LogP) is 5.03. The zero-order valence-corrected chi connectivity index (χ0v) is 20.3. The van der Waals surface area contributed by atoms with Gasteiger partial charge in [-0.05, 0) is 24.6 Å². The smallest absolute Gasteiger partial charge is 0.340 e. The lowest BCUT2D eigenvalue weighted by Crippen LogP contribution is -2.16. The van der Waals surface area contributed by atoms with Gasteiger partial charge in [0.2, 0.25) is 5.91 Å². The quantitative estimate of drug-likeness (QED) is 0.241. The zero-order valence-electron chi connectivity index (χ0n) is 17.1. The molecule has 3 rings (SSSR count). The van der Waals surface area contributed by atoms with Gasteiger partial charge in [0.25, 0.3) is 0 Å². The Morgan fingerprint density at radius 2 is 2.06 bits per heavy atom. The van der Waals surface area contributed by atoms with Gasteiger partial charge in [-0.3, -0.25) is 9.36 Å². The third kappa shape index (κ3) is 5.63. The van der Waals surface area contributed by atoms with Gasteiger partial charge < -0.3 is 10.1 Å². The van der Waals surface area contributed by atoms with Crippen LogP contribution in [0.1, 0.15) is 22.2 Å². The van der Waals surface area contributed by atoms with Crippen molar-refractivity contribution in [3.05, 3.63) is 57.9 Å². The molecule has 1 N–H and O–H groups in total. The number of carbonyl (C=O) groups is 2. The number of allylic oxidation sites excluding steroid dienone is 1. The van der Waals surface area contributed by atoms with Crippen LogP contribution in [-0.2, 0) is 22.5 Å². The highest BCUT2D eigenvalue weighted by Crippen LogP contribution is 2.30. The van der Waals surface area contributed by atoms with E-state index in [0.717, 1.165) is 21.3 Å². The van der Waals surface area contributed by atoms with Crippen LogP contribution in [0.25, 0.3) is 11.4 Å². The van der Waals surface area contributed by atoms with Gasteiger partial charge >= 0.3 is 5.97 Å². The number of amides is 1. The van der Waals surface area contributed by atoms with Crippen LogP contribution >= 0.6 is 39.0 Å². The third-order valence-electron chi connectivity index (χ3n) is 4.25. The second kappa shape index (κ2) is 10.7. The topological polar surface area (TPSA) is 86.1 Å². The summed E-state index contributed by atoms with van der Waals surface area (Å²) in [6.45, 7) is 6.31. The molecule has 0 aliphatic rings. The molecule has 0 saturated carbocycles. The van der Waals surface area contributed by atoms with Gasteiger partial charge in [-0.25, -0.2) is 4.79 Å². The Balaban J connectivity index is 1.73. The van der Waals surface area contributed by atoms with E-state index in [1.807, 2.05) is 35.8 Å². The minimum absolute atomic E-state index is 0.121. The van der Waals surface area contributed by atoms with Crippen LogP contribution in [0.5, 0.6) is 0 Å². The molecule has 0 saturated heterocycles. The number of anilines is 1. The summed E-state index contributed by atoms with van der Waals surface area (Å²) >= 11 is 6.08. The average Bonchev–Trinajstić information content (AvgIpc) is 3.36. The van der Waals surface area contributed by atoms with Gasteiger partial charge in [-0.15, -0.1) is 28.1 Å². The van der Waals surface area contributed by atoms with E-state index in [2.05, 4.69) is 38.0 Å². The standard InChI is InChI=1S/C21H21BrN4O3S2/c1-4-10-26-18(13-6-8-14(22)9-7-13)24-25-21(26)30-12-17(27)23-19-16(20(28)29-3)11-15(5-2)31-19/h4,6-9,11H,1,5,10,12H2,2-3H3,(H,23,27). The van der Waals surface area contributed by atoms with Crippen molar-refractivity contribution >= 4 is 55.9 Å². The fourth-order valence-electron chi connectivity index (χ4n) is 2.77. The van der Waals surface area contributed by atoms with E-state index in [4.69, 9.17) is 4.74 Å². The summed E-state index contributed by atoms with van der Waals surface area (Å²) in [4.78, 5) is 25.6. The maximum absolute atomic E-state index is 12.6. The molecule has 0 radical (unpaired) electrons. The van der Waals surface area contributed by atoms with E-state index < -0.39 is 5.97 Å². The van der Waals surface area contributed by atoms with E-state index in [0.29, 0.717) is 28.1 Å². The highest BCUT2D eigenvalue weighted by molar-refractivity contribution is 9.10. The van der Waals surface area contributed by atoms with Crippen molar-refractivity contribution < 1.29 is 14.3 Å². The zero-order chi connectivity index (χ0) is 22.4. The highest BCUT2D eigenvalue weighted by atomic mass is 79.9. The van der Waals surface area contributed by atoms with E-state index in [1.54, 1.807) is 12.1 Å². The molecule has 2 aromatic heterocycles. The number of aryl methyl sites for hydroxylation is 1. The minimum Gasteiger partial charge on any atom is -0.465 e. The third-order valence-corrected chi connectivity index (χ3v) is 6.94. The van der Waals surface area contributed by atoms with E-state index in [1.165, 1.54) is 30.2 Å². The van der Waals surface area contributed by atoms with Crippen LogP contribution in [0, 0.1) is 0 Å². The van der Waals surface area contributed by atoms with Crippen LogP contribution in [-0.4, -0.2) is 39.5 Å². The van der Waals surface area contributed by atoms with Gasteiger partial charge in [0.1, 0.15) is 5.00 Å². The normalized spacial score (nSPS) is 10.7. The van der Waals surface area contributed by atoms with Crippen LogP contribution in [0.4, 0.5) is 5.00 Å². The van der Waals surface area contributed by atoms with Crippen LogP contribution < -0.4 is 5.32 Å². The molecule has 0 aliphatic carbocycles. The van der Waals surface area contributed by atoms with Crippen molar-refractivity contribution in [1.82, 2.24) is 14.8 Å². The molecule has 31 heavy (non-hydrogen) atoms. The molecule has 3 aromatic rings. The lowest BCUT2D eigenvalue weighted by Gasteiger charge is -2.08. The Morgan fingerprint density at radius 3 is 2.71 bits per heavy atom. The summed E-state index contributed by atoms with van der Waals surface area (Å²) in [5.74, 6) is 0.117. The van der Waals surface area contributed by atoms with Gasteiger partial charge in [-0.1, -0.05) is 52.8 Å². The number of esters is 1. The van der Waals surface area contributed by atoms with Gasteiger partial charge in [-0.2, -0.15) is 0 Å². The first-order valence-electron chi connectivity index (χ1n) is 9.40. The number of nitrogens with zero attached hydrogens (tertiary/aromatic N) is 3. The Bertz CT molecular complexity index is 1090. The molecule has 0 atom stereocenters. The Morgan fingerprint density at radius 1 is 1.32 bits per heavy atom. The SMILES string of the molecule is C=CCn1c(SCC(=O)Nc2sc(CC)cc2C(=O)OC)nnc1-c1ccc(Br)cc1.